The fourth-order valence-electron chi connectivity index (χ4n) is 1.90. The second-order valence-electron chi connectivity index (χ2n) is 3.85. The SMILES string of the molecule is N#CC1(O)CCc2cc(Cl)cc(Cl)c2C1. The molecule has 0 radical (unpaired) electrons. The number of rotatable bonds is 0. The number of aliphatic hydroxyl groups is 1. The number of benzene rings is 1. The average molecular weight is 242 g/mol. The van der Waals surface area contributed by atoms with Gasteiger partial charge in [-0.1, -0.05) is 23.2 Å². The molecule has 15 heavy (non-hydrogen) atoms. The van der Waals surface area contributed by atoms with Gasteiger partial charge in [0, 0.05) is 16.5 Å². The van der Waals surface area contributed by atoms with E-state index in [1.807, 2.05) is 12.1 Å². The van der Waals surface area contributed by atoms with Crippen LogP contribution in [0.1, 0.15) is 17.5 Å². The lowest BCUT2D eigenvalue weighted by Crippen LogP contribution is -2.34. The predicted molar refractivity (Wildman–Crippen MR) is 59.0 cm³/mol. The Bertz CT molecular complexity index is 453. The first kappa shape index (κ1) is 10.8. The molecule has 0 saturated heterocycles. The molecule has 0 bridgehead atoms. The summed E-state index contributed by atoms with van der Waals surface area (Å²) in [6, 6.07) is 5.42. The van der Waals surface area contributed by atoms with Crippen LogP contribution in [0, 0.1) is 11.3 Å². The van der Waals surface area contributed by atoms with Crippen molar-refractivity contribution < 1.29 is 5.11 Å². The molecule has 1 aromatic carbocycles. The van der Waals surface area contributed by atoms with E-state index >= 15 is 0 Å². The number of hydrogen-bond donors (Lipinski definition) is 1. The number of aryl methyl sites for hydroxylation is 1. The maximum Gasteiger partial charge on any atom is 0.155 e. The topological polar surface area (TPSA) is 44.0 Å². The molecule has 1 N–H and O–H groups in total. The van der Waals surface area contributed by atoms with E-state index < -0.39 is 5.60 Å². The molecule has 78 valence electrons. The molecule has 1 aromatic rings. The molecule has 1 unspecified atom stereocenters. The van der Waals surface area contributed by atoms with Crippen LogP contribution in [0.5, 0.6) is 0 Å². The highest BCUT2D eigenvalue weighted by atomic mass is 35.5. The van der Waals surface area contributed by atoms with Gasteiger partial charge in [0.2, 0.25) is 0 Å². The fourth-order valence-corrected chi connectivity index (χ4v) is 2.50. The molecule has 0 aromatic heterocycles. The summed E-state index contributed by atoms with van der Waals surface area (Å²) < 4.78 is 0. The number of fused-ring (bicyclic) bond motifs is 1. The van der Waals surface area contributed by atoms with Crippen LogP contribution in [-0.4, -0.2) is 10.7 Å². The van der Waals surface area contributed by atoms with Crippen LogP contribution >= 0.6 is 23.2 Å². The summed E-state index contributed by atoms with van der Waals surface area (Å²) in [6.07, 6.45) is 1.36. The average Bonchev–Trinajstić information content (AvgIpc) is 2.20. The lowest BCUT2D eigenvalue weighted by atomic mass is 9.81. The van der Waals surface area contributed by atoms with Gasteiger partial charge in [-0.15, -0.1) is 0 Å². The van der Waals surface area contributed by atoms with E-state index in [0.717, 1.165) is 11.1 Å². The molecular formula is C11H9Cl2NO. The zero-order chi connectivity index (χ0) is 11.1. The lowest BCUT2D eigenvalue weighted by Gasteiger charge is -2.28. The summed E-state index contributed by atoms with van der Waals surface area (Å²) in [4.78, 5) is 0. The molecule has 2 rings (SSSR count). The third-order valence-electron chi connectivity index (χ3n) is 2.74. The van der Waals surface area contributed by atoms with Crippen molar-refractivity contribution in [3.05, 3.63) is 33.3 Å². The second kappa shape index (κ2) is 3.68. The van der Waals surface area contributed by atoms with Crippen molar-refractivity contribution in [2.24, 2.45) is 0 Å². The van der Waals surface area contributed by atoms with Crippen LogP contribution in [0.2, 0.25) is 10.0 Å². The van der Waals surface area contributed by atoms with E-state index in [9.17, 15) is 5.11 Å². The monoisotopic (exact) mass is 241 g/mol. The molecule has 0 saturated carbocycles. The molecular weight excluding hydrogens is 233 g/mol. The van der Waals surface area contributed by atoms with Crippen molar-refractivity contribution in [3.8, 4) is 6.07 Å². The first-order valence-corrected chi connectivity index (χ1v) is 5.40. The van der Waals surface area contributed by atoms with Gasteiger partial charge in [0.1, 0.15) is 0 Å². The first-order chi connectivity index (χ1) is 7.04. The van der Waals surface area contributed by atoms with E-state index in [1.165, 1.54) is 0 Å². The van der Waals surface area contributed by atoms with Crippen LogP contribution in [-0.2, 0) is 12.8 Å². The summed E-state index contributed by atoms with van der Waals surface area (Å²) in [7, 11) is 0. The van der Waals surface area contributed by atoms with Crippen molar-refractivity contribution in [1.82, 2.24) is 0 Å². The maximum atomic E-state index is 9.87. The van der Waals surface area contributed by atoms with Gasteiger partial charge in [0.05, 0.1) is 6.07 Å². The Morgan fingerprint density at radius 2 is 2.13 bits per heavy atom. The molecule has 2 nitrogen and oxygen atoms in total. The van der Waals surface area contributed by atoms with E-state index in [4.69, 9.17) is 28.5 Å². The van der Waals surface area contributed by atoms with Crippen LogP contribution < -0.4 is 0 Å². The Morgan fingerprint density at radius 1 is 1.40 bits per heavy atom. The van der Waals surface area contributed by atoms with Gasteiger partial charge in [0.25, 0.3) is 0 Å². The molecule has 4 heteroatoms. The normalized spacial score (nSPS) is 24.4. The first-order valence-electron chi connectivity index (χ1n) is 4.64. The Morgan fingerprint density at radius 3 is 2.80 bits per heavy atom. The number of nitriles is 1. The molecule has 0 aliphatic heterocycles. The van der Waals surface area contributed by atoms with Crippen LogP contribution in [0.15, 0.2) is 12.1 Å². The molecule has 1 aliphatic rings. The summed E-state index contributed by atoms with van der Waals surface area (Å²) >= 11 is 11.9. The fraction of sp³-hybridized carbons (Fsp3) is 0.364. The van der Waals surface area contributed by atoms with Gasteiger partial charge in [-0.3, -0.25) is 0 Å². The van der Waals surface area contributed by atoms with Crippen molar-refractivity contribution >= 4 is 23.2 Å². The van der Waals surface area contributed by atoms with Crippen molar-refractivity contribution in [1.29, 1.82) is 5.26 Å². The van der Waals surface area contributed by atoms with E-state index in [1.54, 1.807) is 6.07 Å². The summed E-state index contributed by atoms with van der Waals surface area (Å²) in [5, 5.41) is 19.9. The Hall–Kier alpha value is -0.750. The third-order valence-corrected chi connectivity index (χ3v) is 3.29. The number of nitrogens with zero attached hydrogens (tertiary/aromatic N) is 1. The van der Waals surface area contributed by atoms with Crippen molar-refractivity contribution in [2.45, 2.75) is 24.9 Å². The minimum Gasteiger partial charge on any atom is -0.375 e. The smallest absolute Gasteiger partial charge is 0.155 e. The van der Waals surface area contributed by atoms with Gasteiger partial charge >= 0.3 is 0 Å². The Labute approximate surface area is 98.0 Å². The number of halogens is 2. The van der Waals surface area contributed by atoms with Crippen LogP contribution in [0.3, 0.4) is 0 Å². The highest BCUT2D eigenvalue weighted by Crippen LogP contribution is 2.34. The zero-order valence-electron chi connectivity index (χ0n) is 7.93. The van der Waals surface area contributed by atoms with Gasteiger partial charge in [-0.2, -0.15) is 5.26 Å². The van der Waals surface area contributed by atoms with Crippen LogP contribution in [0.25, 0.3) is 0 Å². The number of hydrogen-bond acceptors (Lipinski definition) is 2. The van der Waals surface area contributed by atoms with Gasteiger partial charge in [-0.05, 0) is 36.1 Å². The molecule has 1 atom stereocenters. The predicted octanol–water partition coefficient (Wildman–Crippen LogP) is 2.74. The van der Waals surface area contributed by atoms with Gasteiger partial charge in [0.15, 0.2) is 5.60 Å². The maximum absolute atomic E-state index is 9.87. The molecule has 0 fully saturated rings. The van der Waals surface area contributed by atoms with Crippen molar-refractivity contribution in [3.63, 3.8) is 0 Å². The minimum absolute atomic E-state index is 0.287. The third kappa shape index (κ3) is 1.96. The summed E-state index contributed by atoms with van der Waals surface area (Å²) in [5.41, 5.74) is 0.605. The van der Waals surface area contributed by atoms with E-state index in [2.05, 4.69) is 0 Å². The van der Waals surface area contributed by atoms with Crippen LogP contribution in [0.4, 0.5) is 0 Å². The molecule has 1 aliphatic carbocycles. The summed E-state index contributed by atoms with van der Waals surface area (Å²) in [6.45, 7) is 0. The summed E-state index contributed by atoms with van der Waals surface area (Å²) in [5.74, 6) is 0. The Kier molecular flexibility index (Phi) is 2.64. The zero-order valence-corrected chi connectivity index (χ0v) is 9.44. The molecule has 0 amide bonds. The highest BCUT2D eigenvalue weighted by Gasteiger charge is 2.33. The quantitative estimate of drug-likeness (QED) is 0.711. The van der Waals surface area contributed by atoms with Crippen molar-refractivity contribution in [2.75, 3.05) is 0 Å². The minimum atomic E-state index is -1.27. The van der Waals surface area contributed by atoms with Gasteiger partial charge < -0.3 is 5.11 Å². The Balaban J connectivity index is 2.47. The van der Waals surface area contributed by atoms with Gasteiger partial charge in [-0.25, -0.2) is 0 Å². The van der Waals surface area contributed by atoms with E-state index in [0.29, 0.717) is 22.9 Å². The standard InChI is InChI=1S/C11H9Cl2NO/c12-8-3-7-1-2-11(15,6-14)5-9(7)10(13)4-8/h3-4,15H,1-2,5H2. The molecule has 0 spiro atoms. The largest absolute Gasteiger partial charge is 0.375 e. The highest BCUT2D eigenvalue weighted by molar-refractivity contribution is 6.35. The molecule has 0 heterocycles. The lowest BCUT2D eigenvalue weighted by molar-refractivity contribution is 0.0840. The second-order valence-corrected chi connectivity index (χ2v) is 4.69. The van der Waals surface area contributed by atoms with E-state index in [-0.39, 0.29) is 6.42 Å².